The summed E-state index contributed by atoms with van der Waals surface area (Å²) in [6.45, 7) is 2.41. The van der Waals surface area contributed by atoms with Crippen LogP contribution in [0, 0.1) is 5.92 Å². The number of piperidine rings is 1. The van der Waals surface area contributed by atoms with E-state index in [-0.39, 0.29) is 24.1 Å². The van der Waals surface area contributed by atoms with Crippen LogP contribution in [0.5, 0.6) is 0 Å². The van der Waals surface area contributed by atoms with Crippen molar-refractivity contribution in [2.75, 3.05) is 24.2 Å². The zero-order valence-corrected chi connectivity index (χ0v) is 14.3. The topological polar surface area (TPSA) is 66.5 Å². The maximum atomic E-state index is 12.3. The molecule has 1 aliphatic heterocycles. The number of carbonyl (C=O) groups is 1. The largest absolute Gasteiger partial charge is 0.326 e. The number of hydrogen-bond acceptors (Lipinski definition) is 3. The van der Waals surface area contributed by atoms with Gasteiger partial charge in [0.05, 0.1) is 11.7 Å². The fourth-order valence-electron chi connectivity index (χ4n) is 2.40. The second-order valence-corrected chi connectivity index (χ2v) is 8.27. The fourth-order valence-corrected chi connectivity index (χ4v) is 3.98. The van der Waals surface area contributed by atoms with E-state index in [9.17, 15) is 13.2 Å². The first kappa shape index (κ1) is 16.5. The van der Waals surface area contributed by atoms with Crippen molar-refractivity contribution in [3.05, 3.63) is 28.7 Å². The molecule has 0 aromatic heterocycles. The molecule has 0 spiro atoms. The first-order valence-corrected chi connectivity index (χ1v) is 9.37. The molecule has 1 atom stereocenters. The molecule has 21 heavy (non-hydrogen) atoms. The Hall–Kier alpha value is -0.920. The summed E-state index contributed by atoms with van der Waals surface area (Å²) < 4.78 is 26.1. The van der Waals surface area contributed by atoms with Crippen molar-refractivity contribution in [2.45, 2.75) is 19.8 Å². The van der Waals surface area contributed by atoms with Gasteiger partial charge in [-0.15, -0.1) is 0 Å². The lowest BCUT2D eigenvalue weighted by atomic mass is 9.99. The number of halogens is 1. The quantitative estimate of drug-likeness (QED) is 0.879. The van der Waals surface area contributed by atoms with E-state index in [1.807, 2.05) is 24.3 Å². The van der Waals surface area contributed by atoms with E-state index in [4.69, 9.17) is 0 Å². The van der Waals surface area contributed by atoms with Crippen molar-refractivity contribution in [3.8, 4) is 0 Å². The number of anilines is 1. The SMILES string of the molecule is CCS(=O)(=O)N1CCC[C@@H](C(=O)Nc2cccc(Br)c2)C1. The van der Waals surface area contributed by atoms with Crippen LogP contribution in [0.2, 0.25) is 0 Å². The highest BCUT2D eigenvalue weighted by molar-refractivity contribution is 9.10. The molecule has 0 saturated carbocycles. The highest BCUT2D eigenvalue weighted by Crippen LogP contribution is 2.22. The second kappa shape index (κ2) is 6.89. The molecule has 2 rings (SSSR count). The molecule has 0 unspecified atom stereocenters. The van der Waals surface area contributed by atoms with Crippen LogP contribution in [-0.4, -0.2) is 37.5 Å². The normalized spacial score (nSPS) is 20.2. The Bertz CT molecular complexity index is 618. The van der Waals surface area contributed by atoms with Gasteiger partial charge in [0.1, 0.15) is 0 Å². The van der Waals surface area contributed by atoms with E-state index in [1.165, 1.54) is 4.31 Å². The number of benzene rings is 1. The van der Waals surface area contributed by atoms with Crippen LogP contribution < -0.4 is 5.32 Å². The molecule has 1 aromatic rings. The standard InChI is InChI=1S/C14H19BrN2O3S/c1-2-21(19,20)17-8-4-5-11(10-17)14(18)16-13-7-3-6-12(15)9-13/h3,6-7,9,11H,2,4-5,8,10H2,1H3,(H,16,18)/t11-/m1/s1. The molecule has 1 amide bonds. The second-order valence-electron chi connectivity index (χ2n) is 5.10. The molecular formula is C14H19BrN2O3S. The van der Waals surface area contributed by atoms with Crippen LogP contribution >= 0.6 is 15.9 Å². The van der Waals surface area contributed by atoms with Crippen molar-refractivity contribution in [2.24, 2.45) is 5.92 Å². The molecule has 0 radical (unpaired) electrons. The molecule has 0 aliphatic carbocycles. The fraction of sp³-hybridized carbons (Fsp3) is 0.500. The van der Waals surface area contributed by atoms with E-state index in [0.717, 1.165) is 17.3 Å². The summed E-state index contributed by atoms with van der Waals surface area (Å²) in [6.07, 6.45) is 1.44. The summed E-state index contributed by atoms with van der Waals surface area (Å²) in [6, 6.07) is 7.35. The van der Waals surface area contributed by atoms with Gasteiger partial charge in [0, 0.05) is 23.2 Å². The molecule has 1 saturated heterocycles. The minimum absolute atomic E-state index is 0.0764. The van der Waals surface area contributed by atoms with E-state index >= 15 is 0 Å². The van der Waals surface area contributed by atoms with Gasteiger partial charge < -0.3 is 5.32 Å². The van der Waals surface area contributed by atoms with Gasteiger partial charge in [0.15, 0.2) is 0 Å². The Morgan fingerprint density at radius 1 is 1.48 bits per heavy atom. The summed E-state index contributed by atoms with van der Waals surface area (Å²) in [5.41, 5.74) is 0.713. The molecule has 116 valence electrons. The number of hydrogen-bond donors (Lipinski definition) is 1. The molecule has 1 fully saturated rings. The van der Waals surface area contributed by atoms with Crippen molar-refractivity contribution in [1.29, 1.82) is 0 Å². The maximum absolute atomic E-state index is 12.3. The van der Waals surface area contributed by atoms with Crippen LogP contribution in [-0.2, 0) is 14.8 Å². The smallest absolute Gasteiger partial charge is 0.228 e. The number of rotatable bonds is 4. The van der Waals surface area contributed by atoms with Gasteiger partial charge in [-0.25, -0.2) is 12.7 Å². The Morgan fingerprint density at radius 3 is 2.90 bits per heavy atom. The van der Waals surface area contributed by atoms with E-state index in [0.29, 0.717) is 12.2 Å². The lowest BCUT2D eigenvalue weighted by Gasteiger charge is -2.30. The van der Waals surface area contributed by atoms with Gasteiger partial charge >= 0.3 is 0 Å². The molecule has 1 N–H and O–H groups in total. The third kappa shape index (κ3) is 4.28. The predicted molar refractivity (Wildman–Crippen MR) is 86.5 cm³/mol. The van der Waals surface area contributed by atoms with Crippen molar-refractivity contribution in [1.82, 2.24) is 4.31 Å². The average Bonchev–Trinajstić information content (AvgIpc) is 2.47. The third-order valence-corrected chi connectivity index (χ3v) is 5.95. The number of sulfonamides is 1. The number of carbonyl (C=O) groups excluding carboxylic acids is 1. The monoisotopic (exact) mass is 374 g/mol. The first-order chi connectivity index (χ1) is 9.92. The minimum atomic E-state index is -3.22. The van der Waals surface area contributed by atoms with Gasteiger partial charge in [-0.05, 0) is 38.0 Å². The first-order valence-electron chi connectivity index (χ1n) is 6.96. The maximum Gasteiger partial charge on any atom is 0.228 e. The average molecular weight is 375 g/mol. The molecule has 1 heterocycles. The van der Waals surface area contributed by atoms with Gasteiger partial charge in [-0.2, -0.15) is 0 Å². The summed E-state index contributed by atoms with van der Waals surface area (Å²) in [5.74, 6) is -0.337. The summed E-state index contributed by atoms with van der Waals surface area (Å²) in [4.78, 5) is 12.3. The van der Waals surface area contributed by atoms with Crippen LogP contribution in [0.25, 0.3) is 0 Å². The Labute approximate surface area is 133 Å². The predicted octanol–water partition coefficient (Wildman–Crippen LogP) is 2.45. The molecule has 0 bridgehead atoms. The lowest BCUT2D eigenvalue weighted by Crippen LogP contribution is -2.44. The van der Waals surface area contributed by atoms with E-state index in [1.54, 1.807) is 6.92 Å². The van der Waals surface area contributed by atoms with E-state index < -0.39 is 10.0 Å². The van der Waals surface area contributed by atoms with Crippen molar-refractivity contribution in [3.63, 3.8) is 0 Å². The molecule has 1 aliphatic rings. The molecule has 1 aromatic carbocycles. The Kier molecular flexibility index (Phi) is 5.40. The van der Waals surface area contributed by atoms with Gasteiger partial charge in [-0.1, -0.05) is 22.0 Å². The molecule has 5 nitrogen and oxygen atoms in total. The summed E-state index contributed by atoms with van der Waals surface area (Å²) >= 11 is 3.35. The summed E-state index contributed by atoms with van der Waals surface area (Å²) in [5, 5.41) is 2.85. The van der Waals surface area contributed by atoms with Crippen LogP contribution in [0.3, 0.4) is 0 Å². The molecule has 7 heteroatoms. The number of amides is 1. The minimum Gasteiger partial charge on any atom is -0.326 e. The van der Waals surface area contributed by atoms with Gasteiger partial charge in [0.2, 0.25) is 15.9 Å². The van der Waals surface area contributed by atoms with Gasteiger partial charge in [-0.3, -0.25) is 4.79 Å². The van der Waals surface area contributed by atoms with E-state index in [2.05, 4.69) is 21.2 Å². The lowest BCUT2D eigenvalue weighted by molar-refractivity contribution is -0.120. The highest BCUT2D eigenvalue weighted by Gasteiger charge is 2.31. The molecular weight excluding hydrogens is 356 g/mol. The third-order valence-electron chi connectivity index (χ3n) is 3.61. The number of nitrogens with zero attached hydrogens (tertiary/aromatic N) is 1. The summed E-state index contributed by atoms with van der Waals surface area (Å²) in [7, 11) is -3.22. The van der Waals surface area contributed by atoms with Crippen LogP contribution in [0.1, 0.15) is 19.8 Å². The zero-order chi connectivity index (χ0) is 15.5. The van der Waals surface area contributed by atoms with Crippen molar-refractivity contribution < 1.29 is 13.2 Å². The number of nitrogens with one attached hydrogen (secondary N) is 1. The van der Waals surface area contributed by atoms with Crippen LogP contribution in [0.15, 0.2) is 28.7 Å². The van der Waals surface area contributed by atoms with Crippen molar-refractivity contribution >= 4 is 37.5 Å². The highest BCUT2D eigenvalue weighted by atomic mass is 79.9. The zero-order valence-electron chi connectivity index (χ0n) is 11.9. The van der Waals surface area contributed by atoms with Crippen LogP contribution in [0.4, 0.5) is 5.69 Å². The van der Waals surface area contributed by atoms with Gasteiger partial charge in [0.25, 0.3) is 0 Å². The Morgan fingerprint density at radius 2 is 2.24 bits per heavy atom. The Balaban J connectivity index is 2.02.